The predicted molar refractivity (Wildman–Crippen MR) is 104 cm³/mol. The maximum absolute atomic E-state index is 9.47. The number of hydrogen-bond acceptors (Lipinski definition) is 7. The molecule has 0 aliphatic heterocycles. The second-order valence-electron chi connectivity index (χ2n) is 7.06. The van der Waals surface area contributed by atoms with E-state index in [4.69, 9.17) is 14.7 Å². The molecule has 0 aliphatic rings. The number of benzene rings is 2. The number of aryl methyl sites for hydroxylation is 2. The summed E-state index contributed by atoms with van der Waals surface area (Å²) in [6, 6.07) is 13.1. The highest BCUT2D eigenvalue weighted by atomic mass is 16.5. The molecule has 2 aromatic carbocycles. The molecule has 0 atom stereocenters. The molecule has 0 amide bonds. The Bertz CT molecular complexity index is 1140. The van der Waals surface area contributed by atoms with Gasteiger partial charge in [-0.15, -0.1) is 0 Å². The molecule has 0 radical (unpaired) electrons. The monoisotopic (exact) mass is 379 g/mol. The van der Waals surface area contributed by atoms with Gasteiger partial charge in [0.25, 0.3) is 5.89 Å². The number of aromatic nitrogens is 2. The van der Waals surface area contributed by atoms with Crippen LogP contribution in [-0.2, 0) is 5.54 Å². The fraction of sp³-hybridized carbons (Fsp3) is 0.238. The first kappa shape index (κ1) is 18.4. The fourth-order valence-electron chi connectivity index (χ4n) is 2.97. The number of aliphatic hydroxyl groups is 2. The van der Waals surface area contributed by atoms with Crippen molar-refractivity contribution in [3.05, 3.63) is 59.4 Å². The molecule has 0 fully saturated rings. The van der Waals surface area contributed by atoms with Gasteiger partial charge in [-0.25, -0.2) is 0 Å². The summed E-state index contributed by atoms with van der Waals surface area (Å²) in [4.78, 5) is 4.50. The van der Waals surface area contributed by atoms with Gasteiger partial charge in [0.15, 0.2) is 0 Å². The number of aliphatic hydroxyl groups excluding tert-OH is 2. The molecule has 4 rings (SSSR count). The van der Waals surface area contributed by atoms with Gasteiger partial charge in [-0.1, -0.05) is 11.2 Å². The Morgan fingerprint density at radius 3 is 2.43 bits per heavy atom. The van der Waals surface area contributed by atoms with Crippen molar-refractivity contribution in [3.8, 4) is 22.8 Å². The van der Waals surface area contributed by atoms with Crippen LogP contribution < -0.4 is 5.73 Å². The highest BCUT2D eigenvalue weighted by Crippen LogP contribution is 2.30. The lowest BCUT2D eigenvalue weighted by Crippen LogP contribution is -2.43. The van der Waals surface area contributed by atoms with Crippen molar-refractivity contribution in [2.45, 2.75) is 19.4 Å². The Balaban J connectivity index is 1.70. The zero-order valence-corrected chi connectivity index (χ0v) is 15.6. The predicted octanol–water partition coefficient (Wildman–Crippen LogP) is 2.91. The van der Waals surface area contributed by atoms with E-state index in [0.29, 0.717) is 23.1 Å². The van der Waals surface area contributed by atoms with E-state index in [1.807, 2.05) is 37.3 Å². The largest absolute Gasteiger partial charge is 0.459 e. The number of furan rings is 1. The number of nitrogens with zero attached hydrogens (tertiary/aromatic N) is 2. The molecular weight excluding hydrogens is 358 g/mol. The summed E-state index contributed by atoms with van der Waals surface area (Å²) in [6.45, 7) is 3.23. The van der Waals surface area contributed by atoms with Gasteiger partial charge in [0.1, 0.15) is 16.9 Å². The first-order valence-corrected chi connectivity index (χ1v) is 8.90. The fourth-order valence-corrected chi connectivity index (χ4v) is 2.97. The summed E-state index contributed by atoms with van der Waals surface area (Å²) in [7, 11) is 0. The van der Waals surface area contributed by atoms with E-state index in [1.165, 1.54) is 5.56 Å². The SMILES string of the molecule is Cc1ccc(-c2nc(-c3ccc4oc(C(N)(CO)CO)cc4c3)no2)cc1C. The summed E-state index contributed by atoms with van der Waals surface area (Å²) >= 11 is 0. The van der Waals surface area contributed by atoms with Crippen LogP contribution in [0.2, 0.25) is 0 Å². The van der Waals surface area contributed by atoms with Crippen LogP contribution >= 0.6 is 0 Å². The van der Waals surface area contributed by atoms with Gasteiger partial charge in [0.05, 0.1) is 13.2 Å². The Labute approximate surface area is 161 Å². The molecule has 144 valence electrons. The topological polar surface area (TPSA) is 119 Å². The van der Waals surface area contributed by atoms with Crippen molar-refractivity contribution < 1.29 is 19.2 Å². The number of rotatable bonds is 5. The normalized spacial score (nSPS) is 12.0. The zero-order valence-electron chi connectivity index (χ0n) is 15.6. The van der Waals surface area contributed by atoms with Crippen LogP contribution in [-0.4, -0.2) is 33.6 Å². The maximum Gasteiger partial charge on any atom is 0.258 e. The number of fused-ring (bicyclic) bond motifs is 1. The molecule has 0 unspecified atom stereocenters. The molecule has 2 heterocycles. The molecule has 4 N–H and O–H groups in total. The Morgan fingerprint density at radius 1 is 0.964 bits per heavy atom. The number of nitrogens with two attached hydrogens (primary N) is 1. The average molecular weight is 379 g/mol. The van der Waals surface area contributed by atoms with Crippen LogP contribution in [0, 0.1) is 13.8 Å². The van der Waals surface area contributed by atoms with Crippen molar-refractivity contribution in [2.75, 3.05) is 13.2 Å². The van der Waals surface area contributed by atoms with Gasteiger partial charge >= 0.3 is 0 Å². The third-order valence-electron chi connectivity index (χ3n) is 5.01. The zero-order chi connectivity index (χ0) is 19.9. The van der Waals surface area contributed by atoms with E-state index in [9.17, 15) is 10.2 Å². The van der Waals surface area contributed by atoms with Gasteiger partial charge in [-0.3, -0.25) is 0 Å². The van der Waals surface area contributed by atoms with E-state index in [0.717, 1.165) is 22.1 Å². The lowest BCUT2D eigenvalue weighted by atomic mass is 10.00. The Kier molecular flexibility index (Phi) is 4.50. The first-order valence-electron chi connectivity index (χ1n) is 8.90. The second-order valence-corrected chi connectivity index (χ2v) is 7.06. The Hall–Kier alpha value is -3.00. The molecule has 4 aromatic rings. The number of hydrogen-bond donors (Lipinski definition) is 3. The molecular formula is C21H21N3O4. The van der Waals surface area contributed by atoms with Crippen molar-refractivity contribution in [3.63, 3.8) is 0 Å². The minimum absolute atomic E-state index is 0.314. The summed E-state index contributed by atoms with van der Waals surface area (Å²) < 4.78 is 11.1. The van der Waals surface area contributed by atoms with E-state index < -0.39 is 18.8 Å². The lowest BCUT2D eigenvalue weighted by Gasteiger charge is -2.21. The van der Waals surface area contributed by atoms with Crippen LogP contribution in [0.3, 0.4) is 0 Å². The van der Waals surface area contributed by atoms with Gasteiger partial charge in [-0.05, 0) is 61.4 Å². The van der Waals surface area contributed by atoms with Gasteiger partial charge < -0.3 is 24.9 Å². The molecule has 7 heteroatoms. The van der Waals surface area contributed by atoms with Crippen LogP contribution in [0.25, 0.3) is 33.8 Å². The van der Waals surface area contributed by atoms with Crippen LogP contribution in [0.5, 0.6) is 0 Å². The molecule has 7 nitrogen and oxygen atoms in total. The highest BCUT2D eigenvalue weighted by Gasteiger charge is 2.30. The lowest BCUT2D eigenvalue weighted by molar-refractivity contribution is 0.105. The molecule has 0 aliphatic carbocycles. The first-order chi connectivity index (χ1) is 13.4. The maximum atomic E-state index is 9.47. The van der Waals surface area contributed by atoms with Crippen molar-refractivity contribution in [1.82, 2.24) is 10.1 Å². The quantitative estimate of drug-likeness (QED) is 0.488. The summed E-state index contributed by atoms with van der Waals surface area (Å²) in [5.74, 6) is 1.22. The van der Waals surface area contributed by atoms with Crippen LogP contribution in [0.4, 0.5) is 0 Å². The van der Waals surface area contributed by atoms with Gasteiger partial charge in [-0.2, -0.15) is 4.98 Å². The van der Waals surface area contributed by atoms with E-state index in [1.54, 1.807) is 12.1 Å². The molecule has 0 saturated carbocycles. The minimum Gasteiger partial charge on any atom is -0.459 e. The highest BCUT2D eigenvalue weighted by molar-refractivity contribution is 5.83. The van der Waals surface area contributed by atoms with Crippen molar-refractivity contribution in [2.24, 2.45) is 5.73 Å². The third-order valence-corrected chi connectivity index (χ3v) is 5.01. The summed E-state index contributed by atoms with van der Waals surface area (Å²) in [6.07, 6.45) is 0. The standard InChI is InChI=1S/C21H21N3O4/c1-12-3-4-15(7-13(12)2)20-23-19(24-28-20)14-5-6-17-16(8-14)9-18(27-17)21(22,10-25)11-26/h3-9,25-26H,10-11,22H2,1-2H3. The van der Waals surface area contributed by atoms with Gasteiger partial charge in [0.2, 0.25) is 5.82 Å². The average Bonchev–Trinajstić information content (AvgIpc) is 3.36. The molecule has 0 spiro atoms. The third kappa shape index (κ3) is 3.09. The molecule has 2 aromatic heterocycles. The smallest absolute Gasteiger partial charge is 0.258 e. The van der Waals surface area contributed by atoms with Crippen molar-refractivity contribution >= 4 is 11.0 Å². The molecule has 0 saturated heterocycles. The molecule has 28 heavy (non-hydrogen) atoms. The molecule has 0 bridgehead atoms. The summed E-state index contributed by atoms with van der Waals surface area (Å²) in [5.41, 5.74) is 9.23. The van der Waals surface area contributed by atoms with Crippen LogP contribution in [0.1, 0.15) is 16.9 Å². The van der Waals surface area contributed by atoms with Crippen LogP contribution in [0.15, 0.2) is 51.4 Å². The van der Waals surface area contributed by atoms with E-state index in [-0.39, 0.29) is 0 Å². The second kappa shape index (κ2) is 6.87. The van der Waals surface area contributed by atoms with Crippen molar-refractivity contribution in [1.29, 1.82) is 0 Å². The van der Waals surface area contributed by atoms with Gasteiger partial charge in [0, 0.05) is 16.5 Å². The minimum atomic E-state index is -1.33. The summed E-state index contributed by atoms with van der Waals surface area (Å²) in [5, 5.41) is 23.8. The Morgan fingerprint density at radius 2 is 1.71 bits per heavy atom. The van der Waals surface area contributed by atoms with E-state index in [2.05, 4.69) is 17.1 Å². The van der Waals surface area contributed by atoms with E-state index >= 15 is 0 Å².